The highest BCUT2D eigenvalue weighted by atomic mass is 16.2. The number of hydrogen-bond acceptors (Lipinski definition) is 1. The molecule has 0 aromatic rings. The first kappa shape index (κ1) is 11.1. The Hall–Kier alpha value is -0.970. The van der Waals surface area contributed by atoms with E-state index in [0.29, 0.717) is 0 Å². The lowest BCUT2D eigenvalue weighted by Gasteiger charge is -2.32. The molecular formula is C12H19NO. The highest BCUT2D eigenvalue weighted by molar-refractivity contribution is 5.82. The molecule has 1 N–H and O–H groups in total. The van der Waals surface area contributed by atoms with Crippen LogP contribution in [0, 0.1) is 17.8 Å². The van der Waals surface area contributed by atoms with Crippen LogP contribution >= 0.6 is 0 Å². The van der Waals surface area contributed by atoms with Gasteiger partial charge < -0.3 is 5.32 Å². The minimum absolute atomic E-state index is 0.127. The average Bonchev–Trinajstić information content (AvgIpc) is 2.18. The smallest absolute Gasteiger partial charge is 0.226 e. The minimum Gasteiger partial charge on any atom is -0.342 e. The number of carbonyl (C=O) groups excluding carboxylic acids is 1. The molecule has 78 valence electrons. The highest BCUT2D eigenvalue weighted by Crippen LogP contribution is 2.35. The molecule has 1 saturated carbocycles. The Labute approximate surface area is 86.5 Å². The van der Waals surface area contributed by atoms with Crippen molar-refractivity contribution in [2.45, 2.75) is 52.0 Å². The van der Waals surface area contributed by atoms with Gasteiger partial charge >= 0.3 is 0 Å². The van der Waals surface area contributed by atoms with Gasteiger partial charge in [0, 0.05) is 5.41 Å². The van der Waals surface area contributed by atoms with E-state index in [1.54, 1.807) is 0 Å². The van der Waals surface area contributed by atoms with Gasteiger partial charge in [-0.3, -0.25) is 4.79 Å². The van der Waals surface area contributed by atoms with E-state index in [1.165, 1.54) is 6.42 Å². The van der Waals surface area contributed by atoms with Crippen molar-refractivity contribution in [3.8, 4) is 12.3 Å². The summed E-state index contributed by atoms with van der Waals surface area (Å²) in [7, 11) is 0. The Bertz CT molecular complexity index is 246. The second kappa shape index (κ2) is 4.50. The zero-order valence-corrected chi connectivity index (χ0v) is 9.10. The highest BCUT2D eigenvalue weighted by Gasteiger charge is 2.34. The molecule has 0 saturated heterocycles. The van der Waals surface area contributed by atoms with Crippen LogP contribution in [-0.4, -0.2) is 11.9 Å². The topological polar surface area (TPSA) is 29.1 Å². The summed E-state index contributed by atoms with van der Waals surface area (Å²) < 4.78 is 0. The number of hydrogen-bond donors (Lipinski definition) is 1. The van der Waals surface area contributed by atoms with Crippen molar-refractivity contribution in [1.82, 2.24) is 5.32 Å². The van der Waals surface area contributed by atoms with Crippen LogP contribution in [0.5, 0.6) is 0 Å². The summed E-state index contributed by atoms with van der Waals surface area (Å²) >= 11 is 0. The van der Waals surface area contributed by atoms with Crippen molar-refractivity contribution in [2.75, 3.05) is 0 Å². The molecular weight excluding hydrogens is 174 g/mol. The maximum absolute atomic E-state index is 11.9. The third kappa shape index (κ3) is 2.51. The summed E-state index contributed by atoms with van der Waals surface area (Å²) in [5.74, 6) is 2.65. The fourth-order valence-electron chi connectivity index (χ4n) is 1.97. The summed E-state index contributed by atoms with van der Waals surface area (Å²) in [5, 5.41) is 2.86. The first-order chi connectivity index (χ1) is 6.58. The Morgan fingerprint density at radius 1 is 1.43 bits per heavy atom. The molecule has 0 aliphatic heterocycles. The van der Waals surface area contributed by atoms with E-state index in [2.05, 4.69) is 11.2 Å². The Morgan fingerprint density at radius 2 is 2.00 bits per heavy atom. The standard InChI is InChI=1S/C12H19NO/c1-4-10(2)13-11(14)12(3)8-6-5-7-9-12/h1,10H,5-9H2,2-3H3,(H,13,14). The lowest BCUT2D eigenvalue weighted by atomic mass is 9.75. The van der Waals surface area contributed by atoms with E-state index in [9.17, 15) is 4.79 Å². The van der Waals surface area contributed by atoms with E-state index >= 15 is 0 Å². The molecule has 1 rings (SSSR count). The van der Waals surface area contributed by atoms with Crippen molar-refractivity contribution >= 4 is 5.91 Å². The molecule has 0 spiro atoms. The number of carbonyl (C=O) groups is 1. The number of amides is 1. The SMILES string of the molecule is C#CC(C)NC(=O)C1(C)CCCCC1. The van der Waals surface area contributed by atoms with Gasteiger partial charge in [-0.1, -0.05) is 32.1 Å². The molecule has 1 aliphatic rings. The summed E-state index contributed by atoms with van der Waals surface area (Å²) in [4.78, 5) is 11.9. The van der Waals surface area contributed by atoms with Crippen LogP contribution in [0.15, 0.2) is 0 Å². The molecule has 1 fully saturated rings. The van der Waals surface area contributed by atoms with Gasteiger partial charge in [0.2, 0.25) is 5.91 Å². The fraction of sp³-hybridized carbons (Fsp3) is 0.750. The van der Waals surface area contributed by atoms with Crippen LogP contribution in [0.3, 0.4) is 0 Å². The maximum Gasteiger partial charge on any atom is 0.226 e. The Balaban J connectivity index is 2.54. The molecule has 2 heteroatoms. The van der Waals surface area contributed by atoms with Gasteiger partial charge in [0.05, 0.1) is 6.04 Å². The second-order valence-corrected chi connectivity index (χ2v) is 4.48. The van der Waals surface area contributed by atoms with Crippen molar-refractivity contribution in [2.24, 2.45) is 5.41 Å². The van der Waals surface area contributed by atoms with E-state index < -0.39 is 0 Å². The van der Waals surface area contributed by atoms with Crippen LogP contribution < -0.4 is 5.32 Å². The summed E-state index contributed by atoms with van der Waals surface area (Å²) in [6.07, 6.45) is 10.8. The molecule has 14 heavy (non-hydrogen) atoms. The summed E-state index contributed by atoms with van der Waals surface area (Å²) in [6.45, 7) is 3.88. The van der Waals surface area contributed by atoms with Gasteiger partial charge in [0.15, 0.2) is 0 Å². The molecule has 0 aromatic carbocycles. The number of nitrogens with one attached hydrogen (secondary N) is 1. The molecule has 1 amide bonds. The van der Waals surface area contributed by atoms with Crippen molar-refractivity contribution < 1.29 is 4.79 Å². The average molecular weight is 193 g/mol. The molecule has 0 heterocycles. The van der Waals surface area contributed by atoms with E-state index in [1.807, 2.05) is 13.8 Å². The third-order valence-electron chi connectivity index (χ3n) is 3.10. The predicted octanol–water partition coefficient (Wildman–Crippen LogP) is 2.09. The quantitative estimate of drug-likeness (QED) is 0.668. The molecule has 1 aliphatic carbocycles. The maximum atomic E-state index is 11.9. The monoisotopic (exact) mass is 193 g/mol. The van der Waals surface area contributed by atoms with Gasteiger partial charge in [-0.05, 0) is 19.8 Å². The molecule has 2 nitrogen and oxygen atoms in total. The molecule has 0 aromatic heterocycles. The van der Waals surface area contributed by atoms with Crippen molar-refractivity contribution in [3.05, 3.63) is 0 Å². The first-order valence-electron chi connectivity index (χ1n) is 5.35. The van der Waals surface area contributed by atoms with Gasteiger partial charge in [-0.15, -0.1) is 6.42 Å². The van der Waals surface area contributed by atoms with Crippen LogP contribution in [0.1, 0.15) is 46.0 Å². The normalized spacial score (nSPS) is 22.1. The minimum atomic E-state index is -0.177. The molecule has 0 radical (unpaired) electrons. The molecule has 1 unspecified atom stereocenters. The largest absolute Gasteiger partial charge is 0.342 e. The molecule has 1 atom stereocenters. The number of rotatable bonds is 2. The Kier molecular flexibility index (Phi) is 3.57. The zero-order chi connectivity index (χ0) is 10.6. The summed E-state index contributed by atoms with van der Waals surface area (Å²) in [5.41, 5.74) is -0.177. The second-order valence-electron chi connectivity index (χ2n) is 4.48. The van der Waals surface area contributed by atoms with E-state index in [4.69, 9.17) is 6.42 Å². The summed E-state index contributed by atoms with van der Waals surface area (Å²) in [6, 6.07) is -0.152. The van der Waals surface area contributed by atoms with E-state index in [-0.39, 0.29) is 17.4 Å². The third-order valence-corrected chi connectivity index (χ3v) is 3.10. The van der Waals surface area contributed by atoms with Gasteiger partial charge in [-0.25, -0.2) is 0 Å². The first-order valence-corrected chi connectivity index (χ1v) is 5.35. The van der Waals surface area contributed by atoms with Crippen LogP contribution in [0.4, 0.5) is 0 Å². The lowest BCUT2D eigenvalue weighted by Crippen LogP contribution is -2.43. The molecule has 0 bridgehead atoms. The van der Waals surface area contributed by atoms with Gasteiger partial charge in [0.25, 0.3) is 0 Å². The van der Waals surface area contributed by atoms with E-state index in [0.717, 1.165) is 25.7 Å². The van der Waals surface area contributed by atoms with Crippen molar-refractivity contribution in [3.63, 3.8) is 0 Å². The fourth-order valence-corrected chi connectivity index (χ4v) is 1.97. The van der Waals surface area contributed by atoms with Crippen LogP contribution in [0.25, 0.3) is 0 Å². The van der Waals surface area contributed by atoms with Crippen molar-refractivity contribution in [1.29, 1.82) is 0 Å². The predicted molar refractivity (Wildman–Crippen MR) is 57.6 cm³/mol. The van der Waals surface area contributed by atoms with Gasteiger partial charge in [0.1, 0.15) is 0 Å². The van der Waals surface area contributed by atoms with Gasteiger partial charge in [-0.2, -0.15) is 0 Å². The number of terminal acetylenes is 1. The Morgan fingerprint density at radius 3 is 2.50 bits per heavy atom. The van der Waals surface area contributed by atoms with Crippen LogP contribution in [-0.2, 0) is 4.79 Å². The zero-order valence-electron chi connectivity index (χ0n) is 9.10. The lowest BCUT2D eigenvalue weighted by molar-refractivity contribution is -0.132. The van der Waals surface area contributed by atoms with Crippen LogP contribution in [0.2, 0.25) is 0 Å².